The van der Waals surface area contributed by atoms with Gasteiger partial charge in [-0.15, -0.1) is 6.58 Å². The molecule has 2 aromatic heterocycles. The number of nitrogens with zero attached hydrogens (tertiary/aromatic N) is 4. The fourth-order valence-electron chi connectivity index (χ4n) is 2.36. The van der Waals surface area contributed by atoms with Gasteiger partial charge in [-0.05, 0) is 27.2 Å². The Morgan fingerprint density at radius 2 is 2.29 bits per heavy atom. The van der Waals surface area contributed by atoms with Crippen molar-refractivity contribution in [3.05, 3.63) is 18.3 Å². The monoisotopic (exact) mass is 308 g/mol. The molecule has 1 N–H and O–H groups in total. The van der Waals surface area contributed by atoms with Crippen LogP contribution in [0.25, 0.3) is 11.2 Å². The molecule has 114 valence electrons. The normalized spacial score (nSPS) is 12.7. The molecule has 6 nitrogen and oxygen atoms in total. The van der Waals surface area contributed by atoms with E-state index in [0.29, 0.717) is 0 Å². The number of fused-ring (bicyclic) bond motifs is 1. The van der Waals surface area contributed by atoms with Gasteiger partial charge in [-0.3, -0.25) is 4.79 Å². The molecule has 1 atom stereocenters. The van der Waals surface area contributed by atoms with Crippen molar-refractivity contribution in [1.29, 1.82) is 0 Å². The summed E-state index contributed by atoms with van der Waals surface area (Å²) in [5.74, 6) is -0.845. The summed E-state index contributed by atoms with van der Waals surface area (Å²) in [6.45, 7) is 10.6. The molecule has 2 rings (SSSR count). The zero-order chi connectivity index (χ0) is 15.6. The Morgan fingerprint density at radius 1 is 1.57 bits per heavy atom. The summed E-state index contributed by atoms with van der Waals surface area (Å²) >= 11 is 1.24. The first kappa shape index (κ1) is 15.6. The predicted octanol–water partition coefficient (Wildman–Crippen LogP) is 2.87. The molecule has 0 fully saturated rings. The molecule has 21 heavy (non-hydrogen) atoms. The number of carbonyl (C=O) groups is 1. The Bertz CT molecular complexity index is 674. The van der Waals surface area contributed by atoms with Gasteiger partial charge in [0.1, 0.15) is 5.52 Å². The molecule has 0 bridgehead atoms. The maximum Gasteiger partial charge on any atom is 0.313 e. The number of aryl methyl sites for hydroxylation is 2. The lowest BCUT2D eigenvalue weighted by atomic mass is 10.2. The lowest BCUT2D eigenvalue weighted by Crippen LogP contribution is -2.11. The van der Waals surface area contributed by atoms with Crippen LogP contribution in [0.3, 0.4) is 0 Å². The molecule has 1 unspecified atom stereocenters. The molecule has 0 aliphatic rings. The molecular weight excluding hydrogens is 288 g/mol. The summed E-state index contributed by atoms with van der Waals surface area (Å²) in [5, 5.41) is 14.1. The number of aromatic nitrogens is 4. The van der Waals surface area contributed by atoms with Crippen LogP contribution in [-0.2, 0) is 11.3 Å². The second-order valence-corrected chi connectivity index (χ2v) is 5.84. The molecule has 0 amide bonds. The summed E-state index contributed by atoms with van der Waals surface area (Å²) in [4.78, 5) is 15.4. The topological polar surface area (TPSA) is 72.9 Å². The van der Waals surface area contributed by atoms with Crippen LogP contribution in [0.2, 0.25) is 0 Å². The number of hydrogen-bond acceptors (Lipinski definition) is 4. The molecule has 0 saturated carbocycles. The van der Waals surface area contributed by atoms with E-state index >= 15 is 0 Å². The summed E-state index contributed by atoms with van der Waals surface area (Å²) in [6.07, 6.45) is 2.65. The Morgan fingerprint density at radius 3 is 2.86 bits per heavy atom. The molecule has 0 saturated heterocycles. The minimum absolute atomic E-state index is 0.000974. The van der Waals surface area contributed by atoms with Crippen molar-refractivity contribution in [1.82, 2.24) is 19.3 Å². The molecule has 0 aliphatic carbocycles. The Labute approximate surface area is 127 Å². The molecule has 7 heteroatoms. The number of allylic oxidation sites excluding steroid dienone is 1. The number of rotatable bonds is 7. The van der Waals surface area contributed by atoms with Crippen molar-refractivity contribution in [2.75, 3.05) is 5.75 Å². The van der Waals surface area contributed by atoms with E-state index in [1.54, 1.807) is 0 Å². The van der Waals surface area contributed by atoms with Gasteiger partial charge in [0.05, 0.1) is 11.4 Å². The van der Waals surface area contributed by atoms with Crippen molar-refractivity contribution < 1.29 is 9.90 Å². The van der Waals surface area contributed by atoms with Gasteiger partial charge in [0, 0.05) is 12.6 Å². The minimum Gasteiger partial charge on any atom is -0.481 e. The second-order valence-electron chi connectivity index (χ2n) is 4.89. The predicted molar refractivity (Wildman–Crippen MR) is 83.8 cm³/mol. The zero-order valence-corrected chi connectivity index (χ0v) is 13.4. The van der Waals surface area contributed by atoms with Gasteiger partial charge in [-0.1, -0.05) is 17.8 Å². The van der Waals surface area contributed by atoms with E-state index in [4.69, 9.17) is 5.11 Å². The molecular formula is C14H20N4O2S. The van der Waals surface area contributed by atoms with E-state index in [0.717, 1.165) is 35.0 Å². The van der Waals surface area contributed by atoms with Crippen molar-refractivity contribution in [3.63, 3.8) is 0 Å². The second kappa shape index (κ2) is 6.34. The number of aliphatic carboxylic acids is 1. The molecule has 2 aromatic rings. The molecule has 0 aromatic carbocycles. The fourth-order valence-corrected chi connectivity index (χ4v) is 3.18. The van der Waals surface area contributed by atoms with Crippen LogP contribution in [0.4, 0.5) is 0 Å². The van der Waals surface area contributed by atoms with Gasteiger partial charge < -0.3 is 9.67 Å². The van der Waals surface area contributed by atoms with Crippen molar-refractivity contribution in [2.45, 2.75) is 44.9 Å². The van der Waals surface area contributed by atoms with Gasteiger partial charge in [0.2, 0.25) is 0 Å². The number of hydrogen-bond donors (Lipinski definition) is 1. The zero-order valence-electron chi connectivity index (χ0n) is 12.5. The van der Waals surface area contributed by atoms with Gasteiger partial charge in [-0.25, -0.2) is 9.67 Å². The third-order valence-electron chi connectivity index (χ3n) is 3.28. The van der Waals surface area contributed by atoms with Gasteiger partial charge in [0.25, 0.3) is 0 Å². The average molecular weight is 308 g/mol. The van der Waals surface area contributed by atoms with E-state index in [2.05, 4.69) is 28.2 Å². The standard InChI is InChI=1S/C14H20N4O2S/c1-5-7-9(3)18-13-12(10(4)16-17(13)6-2)15-14(18)21-8-11(19)20/h5,9H,1,6-8H2,2-4H3,(H,19,20). The van der Waals surface area contributed by atoms with Crippen molar-refractivity contribution in [2.24, 2.45) is 0 Å². The number of carboxylic acid groups (broad SMARTS) is 1. The van der Waals surface area contributed by atoms with Crippen LogP contribution in [0, 0.1) is 6.92 Å². The van der Waals surface area contributed by atoms with Crippen LogP contribution < -0.4 is 0 Å². The van der Waals surface area contributed by atoms with Crippen LogP contribution in [-0.4, -0.2) is 36.2 Å². The molecule has 0 radical (unpaired) electrons. The fraction of sp³-hybridized carbons (Fsp3) is 0.500. The summed E-state index contributed by atoms with van der Waals surface area (Å²) in [7, 11) is 0. The largest absolute Gasteiger partial charge is 0.481 e. The van der Waals surface area contributed by atoms with Crippen LogP contribution in [0.15, 0.2) is 17.8 Å². The Hall–Kier alpha value is -1.76. The summed E-state index contributed by atoms with van der Waals surface area (Å²) in [6, 6.07) is 0.158. The van der Waals surface area contributed by atoms with E-state index in [-0.39, 0.29) is 11.8 Å². The number of imidazole rings is 1. The molecule has 0 aliphatic heterocycles. The number of thioether (sulfide) groups is 1. The highest BCUT2D eigenvalue weighted by molar-refractivity contribution is 7.99. The van der Waals surface area contributed by atoms with Crippen molar-refractivity contribution in [3.8, 4) is 0 Å². The minimum atomic E-state index is -0.844. The average Bonchev–Trinajstić information content (AvgIpc) is 2.94. The van der Waals surface area contributed by atoms with Gasteiger partial charge >= 0.3 is 5.97 Å². The Balaban J connectivity index is 2.58. The smallest absolute Gasteiger partial charge is 0.313 e. The molecule has 2 heterocycles. The van der Waals surface area contributed by atoms with Crippen LogP contribution in [0.1, 0.15) is 32.0 Å². The van der Waals surface area contributed by atoms with Gasteiger partial charge in [-0.2, -0.15) is 5.10 Å². The summed E-state index contributed by atoms with van der Waals surface area (Å²) in [5.41, 5.74) is 2.67. The quantitative estimate of drug-likeness (QED) is 0.629. The van der Waals surface area contributed by atoms with E-state index in [9.17, 15) is 4.79 Å². The van der Waals surface area contributed by atoms with Crippen molar-refractivity contribution >= 4 is 28.9 Å². The third kappa shape index (κ3) is 2.97. The van der Waals surface area contributed by atoms with E-state index in [1.807, 2.05) is 24.6 Å². The highest BCUT2D eigenvalue weighted by Crippen LogP contribution is 2.30. The van der Waals surface area contributed by atoms with Crippen LogP contribution >= 0.6 is 11.8 Å². The maximum atomic E-state index is 10.8. The highest BCUT2D eigenvalue weighted by Gasteiger charge is 2.22. The SMILES string of the molecule is C=CCC(C)n1c(SCC(=O)O)nc2c(C)nn(CC)c21. The molecule has 0 spiro atoms. The lowest BCUT2D eigenvalue weighted by molar-refractivity contribution is -0.133. The summed E-state index contributed by atoms with van der Waals surface area (Å²) < 4.78 is 4.00. The lowest BCUT2D eigenvalue weighted by Gasteiger charge is -2.16. The third-order valence-corrected chi connectivity index (χ3v) is 4.22. The highest BCUT2D eigenvalue weighted by atomic mass is 32.2. The number of carboxylic acids is 1. The maximum absolute atomic E-state index is 10.8. The van der Waals surface area contributed by atoms with E-state index < -0.39 is 5.97 Å². The Kier molecular flexibility index (Phi) is 4.72. The first-order valence-electron chi connectivity index (χ1n) is 6.90. The van der Waals surface area contributed by atoms with Gasteiger partial charge in [0.15, 0.2) is 10.8 Å². The van der Waals surface area contributed by atoms with Crippen LogP contribution in [0.5, 0.6) is 0 Å². The first-order valence-corrected chi connectivity index (χ1v) is 7.88. The van der Waals surface area contributed by atoms with E-state index in [1.165, 1.54) is 11.8 Å². The first-order chi connectivity index (χ1) is 9.99.